The monoisotopic (exact) mass is 282 g/mol. The lowest BCUT2D eigenvalue weighted by atomic mass is 10.1. The van der Waals surface area contributed by atoms with Gasteiger partial charge in [-0.2, -0.15) is 0 Å². The molecule has 0 saturated heterocycles. The Labute approximate surface area is 115 Å². The van der Waals surface area contributed by atoms with Crippen molar-refractivity contribution in [1.29, 1.82) is 0 Å². The summed E-state index contributed by atoms with van der Waals surface area (Å²) in [6.45, 7) is -0.276. The highest BCUT2D eigenvalue weighted by Gasteiger charge is 2.20. The summed E-state index contributed by atoms with van der Waals surface area (Å²) in [5, 5.41) is 11.3. The molecule has 0 saturated carbocycles. The van der Waals surface area contributed by atoms with Crippen LogP contribution in [0.3, 0.4) is 0 Å². The summed E-state index contributed by atoms with van der Waals surface area (Å²) in [5.41, 5.74) is 6.06. The molecule has 0 bridgehead atoms. The SMILES string of the molecule is CO[N+](=O)c1ccc(CC(NC(=O)CN)C(=O)O)cc1. The maximum Gasteiger partial charge on any atom is 0.326 e. The Morgan fingerprint density at radius 2 is 2.00 bits per heavy atom. The molecule has 0 aliphatic heterocycles. The minimum Gasteiger partial charge on any atom is -0.480 e. The number of rotatable bonds is 7. The van der Waals surface area contributed by atoms with E-state index in [9.17, 15) is 14.5 Å². The second-order valence-electron chi connectivity index (χ2n) is 3.97. The lowest BCUT2D eigenvalue weighted by molar-refractivity contribution is -0.736. The Morgan fingerprint density at radius 3 is 2.45 bits per heavy atom. The van der Waals surface area contributed by atoms with Gasteiger partial charge in [-0.3, -0.25) is 4.79 Å². The zero-order valence-electron chi connectivity index (χ0n) is 10.9. The van der Waals surface area contributed by atoms with Crippen LogP contribution >= 0.6 is 0 Å². The van der Waals surface area contributed by atoms with Gasteiger partial charge in [0, 0.05) is 18.6 Å². The molecule has 0 aliphatic carbocycles. The minimum absolute atomic E-state index is 0.0905. The number of hydrogen-bond donors (Lipinski definition) is 3. The second-order valence-corrected chi connectivity index (χ2v) is 3.97. The lowest BCUT2D eigenvalue weighted by Crippen LogP contribution is -2.44. The van der Waals surface area contributed by atoms with Gasteiger partial charge in [0.1, 0.15) is 6.04 Å². The van der Waals surface area contributed by atoms with E-state index in [0.717, 1.165) is 0 Å². The zero-order valence-corrected chi connectivity index (χ0v) is 10.9. The molecular weight excluding hydrogens is 266 g/mol. The predicted octanol–water partition coefficient (Wildman–Crippen LogP) is -0.271. The molecule has 1 aromatic rings. The molecule has 1 atom stereocenters. The number of nitrogens with zero attached hydrogens (tertiary/aromatic N) is 1. The van der Waals surface area contributed by atoms with Gasteiger partial charge in [-0.25, -0.2) is 9.63 Å². The molecule has 8 nitrogen and oxygen atoms in total. The standard InChI is InChI=1S/C12H15N3O5/c1-20-15(19)9-4-2-8(3-5-9)6-10(12(17)18)14-11(16)7-13/h2-5,10H,6-7,13H2,1H3,(H-,14,16,17,18)/p+1. The normalized spacial score (nSPS) is 11.5. The van der Waals surface area contributed by atoms with Gasteiger partial charge in [0.15, 0.2) is 7.11 Å². The van der Waals surface area contributed by atoms with E-state index < -0.39 is 17.9 Å². The summed E-state index contributed by atoms with van der Waals surface area (Å²) in [6.07, 6.45) is 0.0905. The molecule has 0 aromatic heterocycles. The van der Waals surface area contributed by atoms with Gasteiger partial charge in [0.2, 0.25) is 5.91 Å². The molecule has 0 fully saturated rings. The van der Waals surface area contributed by atoms with Crippen LogP contribution in [-0.4, -0.2) is 41.6 Å². The van der Waals surface area contributed by atoms with Crippen molar-refractivity contribution in [3.63, 3.8) is 0 Å². The van der Waals surface area contributed by atoms with E-state index in [1.807, 2.05) is 0 Å². The van der Waals surface area contributed by atoms with E-state index in [1.165, 1.54) is 19.2 Å². The maximum atomic E-state index is 11.2. The summed E-state index contributed by atoms with van der Waals surface area (Å²) in [6, 6.07) is 5.10. The van der Waals surface area contributed by atoms with Crippen molar-refractivity contribution in [3.05, 3.63) is 34.7 Å². The summed E-state index contributed by atoms with van der Waals surface area (Å²) in [7, 11) is 1.24. The van der Waals surface area contributed by atoms with Gasteiger partial charge >= 0.3 is 11.7 Å². The van der Waals surface area contributed by atoms with E-state index in [4.69, 9.17) is 10.8 Å². The van der Waals surface area contributed by atoms with Crippen molar-refractivity contribution in [2.45, 2.75) is 12.5 Å². The number of carbonyl (C=O) groups excluding carboxylic acids is 1. The molecule has 1 unspecified atom stereocenters. The van der Waals surface area contributed by atoms with Crippen molar-refractivity contribution in [2.75, 3.05) is 13.7 Å². The smallest absolute Gasteiger partial charge is 0.326 e. The molecule has 1 rings (SSSR count). The van der Waals surface area contributed by atoms with Crippen molar-refractivity contribution in [2.24, 2.45) is 5.73 Å². The van der Waals surface area contributed by atoms with Crippen LogP contribution in [0.5, 0.6) is 0 Å². The number of carboxylic acid groups (broad SMARTS) is 1. The van der Waals surface area contributed by atoms with E-state index in [2.05, 4.69) is 10.2 Å². The molecule has 0 aliphatic rings. The van der Waals surface area contributed by atoms with Crippen molar-refractivity contribution in [3.8, 4) is 0 Å². The van der Waals surface area contributed by atoms with E-state index >= 15 is 0 Å². The second kappa shape index (κ2) is 7.19. The Hall–Kier alpha value is -2.48. The molecule has 8 heteroatoms. The van der Waals surface area contributed by atoms with Crippen molar-refractivity contribution in [1.82, 2.24) is 5.32 Å². The maximum absolute atomic E-state index is 11.2. The molecule has 4 N–H and O–H groups in total. The number of aliphatic carboxylic acids is 1. The van der Waals surface area contributed by atoms with Crippen molar-refractivity contribution >= 4 is 17.6 Å². The fourth-order valence-electron chi connectivity index (χ4n) is 1.55. The average Bonchev–Trinajstić information content (AvgIpc) is 2.46. The van der Waals surface area contributed by atoms with Crippen molar-refractivity contribution < 1.29 is 24.5 Å². The van der Waals surface area contributed by atoms with Crippen LogP contribution in [0.15, 0.2) is 24.3 Å². The van der Waals surface area contributed by atoms with Crippen LogP contribution < -0.4 is 11.1 Å². The van der Waals surface area contributed by atoms with Crippen LogP contribution in [0.1, 0.15) is 5.56 Å². The van der Waals surface area contributed by atoms with Gasteiger partial charge in [0.05, 0.1) is 11.5 Å². The van der Waals surface area contributed by atoms with Crippen LogP contribution in [0.4, 0.5) is 5.69 Å². The summed E-state index contributed by atoms with van der Waals surface area (Å²) >= 11 is 0. The van der Waals surface area contributed by atoms with Crippen LogP contribution in [-0.2, 0) is 20.8 Å². The van der Waals surface area contributed by atoms with Crippen LogP contribution in [0.2, 0.25) is 0 Å². The number of nitrogens with two attached hydrogens (primary N) is 1. The van der Waals surface area contributed by atoms with E-state index in [0.29, 0.717) is 10.5 Å². The fourth-order valence-corrected chi connectivity index (χ4v) is 1.55. The Bertz CT molecular complexity index is 500. The quantitative estimate of drug-likeness (QED) is 0.592. The van der Waals surface area contributed by atoms with Gasteiger partial charge in [-0.15, -0.1) is 0 Å². The van der Waals surface area contributed by atoms with E-state index in [1.54, 1.807) is 12.1 Å². The summed E-state index contributed by atoms with van der Waals surface area (Å²) in [5.74, 6) is -1.70. The predicted molar refractivity (Wildman–Crippen MR) is 69.1 cm³/mol. The molecule has 0 heterocycles. The van der Waals surface area contributed by atoms with E-state index in [-0.39, 0.29) is 18.7 Å². The van der Waals surface area contributed by atoms with Gasteiger partial charge in [-0.05, 0) is 5.56 Å². The van der Waals surface area contributed by atoms with Gasteiger partial charge in [-0.1, -0.05) is 12.1 Å². The third-order valence-corrected chi connectivity index (χ3v) is 2.57. The lowest BCUT2D eigenvalue weighted by Gasteiger charge is -2.13. The molecule has 0 radical (unpaired) electrons. The first-order valence-corrected chi connectivity index (χ1v) is 5.80. The number of nitrogens with one attached hydrogen (secondary N) is 1. The highest BCUT2D eigenvalue weighted by molar-refractivity contribution is 5.84. The Balaban J connectivity index is 2.76. The summed E-state index contributed by atoms with van der Waals surface area (Å²) < 4.78 is 0. The molecule has 1 aromatic carbocycles. The first-order valence-electron chi connectivity index (χ1n) is 5.80. The first-order chi connectivity index (χ1) is 9.47. The fraction of sp³-hybridized carbons (Fsp3) is 0.333. The van der Waals surface area contributed by atoms with Crippen LogP contribution in [0, 0.1) is 4.91 Å². The largest absolute Gasteiger partial charge is 0.480 e. The van der Waals surface area contributed by atoms with Gasteiger partial charge < -0.3 is 16.2 Å². The molecule has 0 spiro atoms. The number of amides is 1. The molecular formula is C12H16N3O5+. The van der Waals surface area contributed by atoms with Gasteiger partial charge in [0.25, 0.3) is 4.92 Å². The summed E-state index contributed by atoms with van der Waals surface area (Å²) in [4.78, 5) is 38.2. The third-order valence-electron chi connectivity index (χ3n) is 2.57. The third kappa shape index (κ3) is 4.32. The van der Waals surface area contributed by atoms with Crippen LogP contribution in [0.25, 0.3) is 0 Å². The number of benzene rings is 1. The minimum atomic E-state index is -1.15. The average molecular weight is 282 g/mol. The molecule has 1 amide bonds. The number of carbonyl (C=O) groups is 2. The number of carboxylic acids is 1. The number of hydrogen-bond acceptors (Lipinski definition) is 5. The Kier molecular flexibility index (Phi) is 5.60. The first kappa shape index (κ1) is 15.6. The molecule has 108 valence electrons. The topological polar surface area (TPSA) is 122 Å². The molecule has 20 heavy (non-hydrogen) atoms. The highest BCUT2D eigenvalue weighted by atomic mass is 16.8. The zero-order chi connectivity index (χ0) is 15.1. The Morgan fingerprint density at radius 1 is 1.40 bits per heavy atom. The highest BCUT2D eigenvalue weighted by Crippen LogP contribution is 2.14.